The largest absolute Gasteiger partial charge is 0.380 e. The molecule has 2 unspecified atom stereocenters. The number of nitrogens with zero attached hydrogens (tertiary/aromatic N) is 1. The fourth-order valence-electron chi connectivity index (χ4n) is 2.75. The molecule has 0 aromatic heterocycles. The summed E-state index contributed by atoms with van der Waals surface area (Å²) in [4.78, 5) is 0. The number of benzene rings is 1. The number of rotatable bonds is 4. The second-order valence-electron chi connectivity index (χ2n) is 5.59. The summed E-state index contributed by atoms with van der Waals surface area (Å²) in [6.07, 6.45) is 6.01. The lowest BCUT2D eigenvalue weighted by Crippen LogP contribution is -2.33. The number of nitrogens with one attached hydrogen (secondary N) is 2. The quantitative estimate of drug-likeness (QED) is 0.885. The molecule has 2 N–H and O–H groups in total. The van der Waals surface area contributed by atoms with Crippen molar-refractivity contribution in [3.63, 3.8) is 0 Å². The monoisotopic (exact) mass is 275 g/mol. The summed E-state index contributed by atoms with van der Waals surface area (Å²) in [7, 11) is 0. The molecule has 20 heavy (non-hydrogen) atoms. The average molecular weight is 275 g/mol. The van der Waals surface area contributed by atoms with Crippen LogP contribution in [0, 0.1) is 17.1 Å². The lowest BCUT2D eigenvalue weighted by Gasteiger charge is -2.22. The highest BCUT2D eigenvalue weighted by Crippen LogP contribution is 2.19. The van der Waals surface area contributed by atoms with Gasteiger partial charge in [-0.1, -0.05) is 12.8 Å². The summed E-state index contributed by atoms with van der Waals surface area (Å²) >= 11 is 0. The highest BCUT2D eigenvalue weighted by atomic mass is 19.1. The molecule has 108 valence electrons. The van der Waals surface area contributed by atoms with Gasteiger partial charge in [0.2, 0.25) is 0 Å². The maximum atomic E-state index is 13.8. The second-order valence-corrected chi connectivity index (χ2v) is 5.59. The van der Waals surface area contributed by atoms with Gasteiger partial charge in [0.05, 0.1) is 17.3 Å². The van der Waals surface area contributed by atoms with Crippen molar-refractivity contribution in [3.05, 3.63) is 29.6 Å². The maximum Gasteiger partial charge on any atom is 0.147 e. The van der Waals surface area contributed by atoms with Gasteiger partial charge in [0.15, 0.2) is 0 Å². The molecule has 4 heteroatoms. The van der Waals surface area contributed by atoms with Gasteiger partial charge in [-0.25, -0.2) is 4.39 Å². The van der Waals surface area contributed by atoms with Crippen LogP contribution < -0.4 is 10.6 Å². The predicted octanol–water partition coefficient (Wildman–Crippen LogP) is 3.42. The van der Waals surface area contributed by atoms with Crippen LogP contribution in [0.2, 0.25) is 0 Å². The zero-order valence-electron chi connectivity index (χ0n) is 12.0. The molecule has 0 aliphatic carbocycles. The first-order chi connectivity index (χ1) is 9.69. The Kier molecular flexibility index (Phi) is 5.37. The summed E-state index contributed by atoms with van der Waals surface area (Å²) in [5.41, 5.74) is 0.830. The Morgan fingerprint density at radius 2 is 2.30 bits per heavy atom. The molecule has 1 aromatic carbocycles. The molecule has 0 bridgehead atoms. The van der Waals surface area contributed by atoms with Gasteiger partial charge in [0, 0.05) is 12.1 Å². The molecule has 1 aliphatic rings. The van der Waals surface area contributed by atoms with E-state index in [0.29, 0.717) is 17.3 Å². The molecular weight excluding hydrogens is 253 g/mol. The normalized spacial score (nSPS) is 20.8. The standard InChI is InChI=1S/C16H22FN3/c1-12(9-14-5-3-2-4-8-19-14)20-16-7-6-13(11-18)10-15(16)17/h6-7,10,12,14,19-20H,2-5,8-9H2,1H3. The van der Waals surface area contributed by atoms with Crippen molar-refractivity contribution in [3.8, 4) is 6.07 Å². The van der Waals surface area contributed by atoms with Gasteiger partial charge >= 0.3 is 0 Å². The van der Waals surface area contributed by atoms with Crippen LogP contribution in [-0.2, 0) is 0 Å². The number of hydrogen-bond donors (Lipinski definition) is 2. The minimum absolute atomic E-state index is 0.202. The van der Waals surface area contributed by atoms with E-state index in [4.69, 9.17) is 5.26 Å². The number of nitriles is 1. The molecule has 2 atom stereocenters. The first kappa shape index (κ1) is 14.8. The van der Waals surface area contributed by atoms with Gasteiger partial charge in [-0.2, -0.15) is 5.26 Å². The zero-order valence-corrected chi connectivity index (χ0v) is 12.0. The summed E-state index contributed by atoms with van der Waals surface area (Å²) in [6.45, 7) is 3.16. The topological polar surface area (TPSA) is 47.8 Å². The molecule has 0 amide bonds. The van der Waals surface area contributed by atoms with Crippen LogP contribution in [0.3, 0.4) is 0 Å². The predicted molar refractivity (Wildman–Crippen MR) is 79.1 cm³/mol. The molecule has 0 saturated carbocycles. The number of halogens is 1. The van der Waals surface area contributed by atoms with Crippen molar-refractivity contribution < 1.29 is 4.39 Å². The van der Waals surface area contributed by atoms with Crippen LogP contribution >= 0.6 is 0 Å². The molecular formula is C16H22FN3. The Balaban J connectivity index is 1.90. The molecule has 1 saturated heterocycles. The minimum atomic E-state index is -0.357. The number of anilines is 1. The summed E-state index contributed by atoms with van der Waals surface area (Å²) in [6, 6.07) is 7.22. The van der Waals surface area contributed by atoms with E-state index in [0.717, 1.165) is 13.0 Å². The fraction of sp³-hybridized carbons (Fsp3) is 0.562. The van der Waals surface area contributed by atoms with Crippen LogP contribution in [0.5, 0.6) is 0 Å². The first-order valence-corrected chi connectivity index (χ1v) is 7.38. The lowest BCUT2D eigenvalue weighted by atomic mass is 10.0. The van der Waals surface area contributed by atoms with Crippen LogP contribution in [0.25, 0.3) is 0 Å². The highest BCUT2D eigenvalue weighted by molar-refractivity contribution is 5.49. The van der Waals surface area contributed by atoms with E-state index in [-0.39, 0.29) is 11.9 Å². The van der Waals surface area contributed by atoms with Crippen molar-refractivity contribution in [1.29, 1.82) is 5.26 Å². The van der Waals surface area contributed by atoms with Crippen LogP contribution in [0.1, 0.15) is 44.6 Å². The molecule has 2 rings (SSSR count). The Bertz CT molecular complexity index is 473. The number of hydrogen-bond acceptors (Lipinski definition) is 3. The third-order valence-corrected chi connectivity index (χ3v) is 3.80. The van der Waals surface area contributed by atoms with E-state index in [1.807, 2.05) is 6.07 Å². The molecule has 0 radical (unpaired) electrons. The van der Waals surface area contributed by atoms with Gasteiger partial charge in [-0.05, 0) is 50.9 Å². The second kappa shape index (κ2) is 7.25. The molecule has 1 fully saturated rings. The molecule has 1 heterocycles. The van der Waals surface area contributed by atoms with E-state index in [2.05, 4.69) is 17.6 Å². The maximum absolute atomic E-state index is 13.8. The molecule has 0 spiro atoms. The Labute approximate surface area is 120 Å². The van der Waals surface area contributed by atoms with Crippen molar-refractivity contribution in [2.75, 3.05) is 11.9 Å². The van der Waals surface area contributed by atoms with Gasteiger partial charge in [-0.15, -0.1) is 0 Å². The van der Waals surface area contributed by atoms with Crippen molar-refractivity contribution in [2.24, 2.45) is 0 Å². The van der Waals surface area contributed by atoms with Crippen molar-refractivity contribution >= 4 is 5.69 Å². The molecule has 1 aliphatic heterocycles. The van der Waals surface area contributed by atoms with Gasteiger partial charge in [-0.3, -0.25) is 0 Å². The third kappa shape index (κ3) is 4.21. The highest BCUT2D eigenvalue weighted by Gasteiger charge is 2.15. The van der Waals surface area contributed by atoms with Crippen LogP contribution in [0.15, 0.2) is 18.2 Å². The van der Waals surface area contributed by atoms with E-state index in [1.54, 1.807) is 12.1 Å². The Morgan fingerprint density at radius 3 is 3.05 bits per heavy atom. The third-order valence-electron chi connectivity index (χ3n) is 3.80. The Morgan fingerprint density at radius 1 is 1.45 bits per heavy atom. The van der Waals surface area contributed by atoms with Crippen LogP contribution in [-0.4, -0.2) is 18.6 Å². The first-order valence-electron chi connectivity index (χ1n) is 7.38. The van der Waals surface area contributed by atoms with Crippen molar-refractivity contribution in [1.82, 2.24) is 5.32 Å². The van der Waals surface area contributed by atoms with Gasteiger partial charge in [0.25, 0.3) is 0 Å². The molecule has 1 aromatic rings. The van der Waals surface area contributed by atoms with E-state index in [9.17, 15) is 4.39 Å². The average Bonchev–Trinajstić information content (AvgIpc) is 2.69. The summed E-state index contributed by atoms with van der Waals surface area (Å²) in [5.74, 6) is -0.357. The SMILES string of the molecule is CC(CC1CCCCCN1)Nc1ccc(C#N)cc1F. The Hall–Kier alpha value is -1.60. The lowest BCUT2D eigenvalue weighted by molar-refractivity contribution is 0.455. The summed E-state index contributed by atoms with van der Waals surface area (Å²) < 4.78 is 13.8. The van der Waals surface area contributed by atoms with Gasteiger partial charge < -0.3 is 10.6 Å². The van der Waals surface area contributed by atoms with E-state index >= 15 is 0 Å². The van der Waals surface area contributed by atoms with Crippen LogP contribution in [0.4, 0.5) is 10.1 Å². The van der Waals surface area contributed by atoms with E-state index in [1.165, 1.54) is 31.7 Å². The van der Waals surface area contributed by atoms with Crippen molar-refractivity contribution in [2.45, 2.75) is 51.1 Å². The minimum Gasteiger partial charge on any atom is -0.380 e. The molecule has 3 nitrogen and oxygen atoms in total. The van der Waals surface area contributed by atoms with Gasteiger partial charge in [0.1, 0.15) is 5.82 Å². The fourth-order valence-corrected chi connectivity index (χ4v) is 2.75. The van der Waals surface area contributed by atoms with E-state index < -0.39 is 0 Å². The summed E-state index contributed by atoms with van der Waals surface area (Å²) in [5, 5.41) is 15.5. The zero-order chi connectivity index (χ0) is 14.4. The smallest absolute Gasteiger partial charge is 0.147 e.